The number of nitrogens with zero attached hydrogens (tertiary/aromatic N) is 1. The molecule has 21 heavy (non-hydrogen) atoms. The lowest BCUT2D eigenvalue weighted by molar-refractivity contribution is -0.137. The van der Waals surface area contributed by atoms with Gasteiger partial charge in [-0.2, -0.15) is 0 Å². The number of urea groups is 1. The van der Waals surface area contributed by atoms with Crippen molar-refractivity contribution in [2.24, 2.45) is 0 Å². The maximum atomic E-state index is 12.2. The summed E-state index contributed by atoms with van der Waals surface area (Å²) in [6, 6.07) is 7.79. The molecule has 5 nitrogen and oxygen atoms in total. The molecular formula is C16H24N2O3. The molecule has 1 rings (SSSR count). The van der Waals surface area contributed by atoms with Crippen LogP contribution in [0, 0.1) is 6.92 Å². The minimum Gasteiger partial charge on any atom is -0.481 e. The van der Waals surface area contributed by atoms with E-state index in [1.807, 2.05) is 45.0 Å². The van der Waals surface area contributed by atoms with E-state index in [4.69, 9.17) is 5.11 Å². The number of carboxylic acid groups (broad SMARTS) is 1. The predicted molar refractivity (Wildman–Crippen MR) is 82.1 cm³/mol. The van der Waals surface area contributed by atoms with E-state index in [1.165, 1.54) is 0 Å². The quantitative estimate of drug-likeness (QED) is 0.812. The molecule has 0 unspecified atom stereocenters. The normalized spacial score (nSPS) is 10.5. The third-order valence-electron chi connectivity index (χ3n) is 3.37. The molecule has 0 fully saturated rings. The molecule has 2 amide bonds. The van der Waals surface area contributed by atoms with Gasteiger partial charge in [0.15, 0.2) is 0 Å². The Morgan fingerprint density at radius 1 is 1.29 bits per heavy atom. The van der Waals surface area contributed by atoms with E-state index in [9.17, 15) is 9.59 Å². The second kappa shape index (κ2) is 8.29. The lowest BCUT2D eigenvalue weighted by Gasteiger charge is -2.27. The van der Waals surface area contributed by atoms with Gasteiger partial charge in [0.05, 0.1) is 0 Å². The zero-order chi connectivity index (χ0) is 15.8. The molecule has 0 spiro atoms. The number of carbonyl (C=O) groups is 2. The first-order valence-electron chi connectivity index (χ1n) is 7.22. The maximum Gasteiger partial charge on any atom is 0.317 e. The Labute approximate surface area is 126 Å². The average Bonchev–Trinajstić information content (AvgIpc) is 2.41. The van der Waals surface area contributed by atoms with Crippen LogP contribution in [0.3, 0.4) is 0 Å². The molecule has 0 saturated carbocycles. The van der Waals surface area contributed by atoms with Crippen molar-refractivity contribution in [1.82, 2.24) is 10.2 Å². The molecule has 0 aliphatic carbocycles. The molecule has 116 valence electrons. The molecule has 1 aromatic rings. The summed E-state index contributed by atoms with van der Waals surface area (Å²) in [5.74, 6) is -0.834. The van der Waals surface area contributed by atoms with Crippen molar-refractivity contribution in [1.29, 1.82) is 0 Å². The zero-order valence-electron chi connectivity index (χ0n) is 12.9. The van der Waals surface area contributed by atoms with E-state index in [0.717, 1.165) is 11.1 Å². The summed E-state index contributed by atoms with van der Waals surface area (Å²) in [5, 5.41) is 11.6. The van der Waals surface area contributed by atoms with Gasteiger partial charge in [0, 0.05) is 25.6 Å². The summed E-state index contributed by atoms with van der Waals surface area (Å²) >= 11 is 0. The number of aryl methyl sites for hydroxylation is 1. The van der Waals surface area contributed by atoms with Crippen molar-refractivity contribution in [3.63, 3.8) is 0 Å². The van der Waals surface area contributed by atoms with Crippen LogP contribution in [-0.2, 0) is 11.3 Å². The Morgan fingerprint density at radius 3 is 2.52 bits per heavy atom. The summed E-state index contributed by atoms with van der Waals surface area (Å²) in [7, 11) is 0. The Balaban J connectivity index is 2.53. The van der Waals surface area contributed by atoms with Gasteiger partial charge in [0.25, 0.3) is 0 Å². The Morgan fingerprint density at radius 2 is 1.95 bits per heavy atom. The number of amides is 2. The predicted octanol–water partition coefficient (Wildman–Crippen LogP) is 2.78. The third-order valence-corrected chi connectivity index (χ3v) is 3.37. The number of hydrogen-bond acceptors (Lipinski definition) is 2. The molecule has 2 N–H and O–H groups in total. The zero-order valence-corrected chi connectivity index (χ0v) is 12.9. The molecule has 1 aromatic carbocycles. The second-order valence-corrected chi connectivity index (χ2v) is 5.37. The van der Waals surface area contributed by atoms with E-state index in [2.05, 4.69) is 5.32 Å². The monoisotopic (exact) mass is 292 g/mol. The molecule has 0 aromatic heterocycles. The van der Waals surface area contributed by atoms with E-state index >= 15 is 0 Å². The standard InChI is InChI=1S/C16H24N2O3/c1-12(2)18(10-6-9-15(19)20)16(21)17-11-14-8-5-4-7-13(14)3/h4-5,7-8,12H,6,9-11H2,1-3H3,(H,17,21)(H,19,20). The fourth-order valence-electron chi connectivity index (χ4n) is 2.08. The van der Waals surface area contributed by atoms with Crippen molar-refractivity contribution in [2.45, 2.75) is 46.2 Å². The lowest BCUT2D eigenvalue weighted by atomic mass is 10.1. The van der Waals surface area contributed by atoms with Crippen molar-refractivity contribution in [2.75, 3.05) is 6.54 Å². The number of benzene rings is 1. The van der Waals surface area contributed by atoms with Gasteiger partial charge in [-0.15, -0.1) is 0 Å². The van der Waals surface area contributed by atoms with Gasteiger partial charge in [0.1, 0.15) is 0 Å². The summed E-state index contributed by atoms with van der Waals surface area (Å²) in [4.78, 5) is 24.4. The highest BCUT2D eigenvalue weighted by Crippen LogP contribution is 2.08. The summed E-state index contributed by atoms with van der Waals surface area (Å²) in [5.41, 5.74) is 2.22. The van der Waals surface area contributed by atoms with E-state index in [0.29, 0.717) is 19.5 Å². The van der Waals surface area contributed by atoms with Gasteiger partial charge in [-0.25, -0.2) is 4.79 Å². The minimum atomic E-state index is -0.834. The van der Waals surface area contributed by atoms with Crippen LogP contribution in [0.1, 0.15) is 37.8 Å². The van der Waals surface area contributed by atoms with Crippen LogP contribution in [0.5, 0.6) is 0 Å². The van der Waals surface area contributed by atoms with Crippen LogP contribution in [0.2, 0.25) is 0 Å². The van der Waals surface area contributed by atoms with E-state index in [-0.39, 0.29) is 18.5 Å². The molecule has 0 heterocycles. The molecule has 0 atom stereocenters. The number of nitrogens with one attached hydrogen (secondary N) is 1. The van der Waals surface area contributed by atoms with Crippen LogP contribution in [0.4, 0.5) is 4.79 Å². The molecular weight excluding hydrogens is 268 g/mol. The topological polar surface area (TPSA) is 69.6 Å². The first-order valence-corrected chi connectivity index (χ1v) is 7.22. The Kier molecular flexibility index (Phi) is 6.72. The SMILES string of the molecule is Cc1ccccc1CNC(=O)N(CCCC(=O)O)C(C)C. The molecule has 0 saturated heterocycles. The maximum absolute atomic E-state index is 12.2. The fourth-order valence-corrected chi connectivity index (χ4v) is 2.08. The van der Waals surface area contributed by atoms with Crippen LogP contribution in [-0.4, -0.2) is 34.6 Å². The summed E-state index contributed by atoms with van der Waals surface area (Å²) in [6.07, 6.45) is 0.541. The average molecular weight is 292 g/mol. The van der Waals surface area contributed by atoms with Crippen molar-refractivity contribution < 1.29 is 14.7 Å². The Bertz CT molecular complexity index is 486. The van der Waals surface area contributed by atoms with Crippen molar-refractivity contribution in [3.8, 4) is 0 Å². The molecule has 0 radical (unpaired) electrons. The van der Waals surface area contributed by atoms with Gasteiger partial charge in [-0.1, -0.05) is 24.3 Å². The van der Waals surface area contributed by atoms with Crippen LogP contribution in [0.15, 0.2) is 24.3 Å². The Hall–Kier alpha value is -2.04. The van der Waals surface area contributed by atoms with Crippen LogP contribution < -0.4 is 5.32 Å². The minimum absolute atomic E-state index is 0.0377. The smallest absolute Gasteiger partial charge is 0.317 e. The van der Waals surface area contributed by atoms with Crippen LogP contribution in [0.25, 0.3) is 0 Å². The van der Waals surface area contributed by atoms with E-state index in [1.54, 1.807) is 4.90 Å². The van der Waals surface area contributed by atoms with Crippen molar-refractivity contribution in [3.05, 3.63) is 35.4 Å². The highest BCUT2D eigenvalue weighted by molar-refractivity contribution is 5.74. The first-order chi connectivity index (χ1) is 9.91. The molecule has 0 bridgehead atoms. The van der Waals surface area contributed by atoms with Gasteiger partial charge in [-0.05, 0) is 38.3 Å². The largest absolute Gasteiger partial charge is 0.481 e. The highest BCUT2D eigenvalue weighted by Gasteiger charge is 2.16. The first kappa shape index (κ1) is 17.0. The summed E-state index contributed by atoms with van der Waals surface area (Å²) < 4.78 is 0. The van der Waals surface area contributed by atoms with Gasteiger partial charge < -0.3 is 15.3 Å². The van der Waals surface area contributed by atoms with Gasteiger partial charge in [0.2, 0.25) is 0 Å². The van der Waals surface area contributed by atoms with Gasteiger partial charge >= 0.3 is 12.0 Å². The number of rotatable bonds is 7. The number of aliphatic carboxylic acids is 1. The summed E-state index contributed by atoms with van der Waals surface area (Å²) in [6.45, 7) is 6.79. The third kappa shape index (κ3) is 5.85. The number of carboxylic acids is 1. The molecule has 0 aliphatic rings. The van der Waals surface area contributed by atoms with Gasteiger partial charge in [-0.3, -0.25) is 4.79 Å². The number of carbonyl (C=O) groups excluding carboxylic acids is 1. The van der Waals surface area contributed by atoms with E-state index < -0.39 is 5.97 Å². The van der Waals surface area contributed by atoms with Crippen LogP contribution >= 0.6 is 0 Å². The number of hydrogen-bond donors (Lipinski definition) is 2. The molecule has 0 aliphatic heterocycles. The second-order valence-electron chi connectivity index (χ2n) is 5.37. The fraction of sp³-hybridized carbons (Fsp3) is 0.500. The lowest BCUT2D eigenvalue weighted by Crippen LogP contribution is -2.44. The van der Waals surface area contributed by atoms with Crippen molar-refractivity contribution >= 4 is 12.0 Å². The highest BCUT2D eigenvalue weighted by atomic mass is 16.4. The molecule has 5 heteroatoms.